The van der Waals surface area contributed by atoms with Crippen LogP contribution in [-0.2, 0) is 4.92 Å². The molecule has 4 heteroatoms. The summed E-state index contributed by atoms with van der Waals surface area (Å²) in [6.07, 6.45) is 1.25. The molecule has 0 aromatic carbocycles. The molecule has 0 saturated heterocycles. The third-order valence-electron chi connectivity index (χ3n) is 0. The molecule has 0 radical (unpaired) electrons. The van der Waals surface area contributed by atoms with Gasteiger partial charge >= 0.3 is 64.9 Å². The molecule has 0 fully saturated rings. The van der Waals surface area contributed by atoms with Crippen LogP contribution in [0.5, 0.6) is 0 Å². The van der Waals surface area contributed by atoms with Gasteiger partial charge in [-0.15, -0.1) is 13.2 Å². The molecule has 58 valence electrons. The third-order valence-corrected chi connectivity index (χ3v) is 0. The summed E-state index contributed by atoms with van der Waals surface area (Å²) in [5.74, 6) is 0. The first kappa shape index (κ1) is 17.6. The fourth-order valence-electron chi connectivity index (χ4n) is 0. The van der Waals surface area contributed by atoms with Gasteiger partial charge in [0.05, 0.1) is 0 Å². The number of rotatable bonds is 0. The Kier molecular flexibility index (Phi) is 43.8. The maximum absolute atomic E-state index is 3.00. The van der Waals surface area contributed by atoms with E-state index in [1.807, 2.05) is 0 Å². The van der Waals surface area contributed by atoms with E-state index in [1.165, 1.54) is 6.42 Å². The zero-order chi connectivity index (χ0) is 8.28. The van der Waals surface area contributed by atoms with Crippen molar-refractivity contribution in [2.75, 3.05) is 0 Å². The quantitative estimate of drug-likeness (QED) is 0.327. The second-order valence-electron chi connectivity index (χ2n) is 0.899. The van der Waals surface area contributed by atoms with Crippen molar-refractivity contribution in [3.8, 4) is 0 Å². The van der Waals surface area contributed by atoms with Crippen LogP contribution < -0.4 is 0 Å². The Labute approximate surface area is 96.3 Å². The van der Waals surface area contributed by atoms with Gasteiger partial charge in [0.15, 0.2) is 0 Å². The Morgan fingerprint density at radius 3 is 1.11 bits per heavy atom. The van der Waals surface area contributed by atoms with Gasteiger partial charge in [-0.2, -0.15) is 0 Å². The maximum atomic E-state index is 3.00. The fourth-order valence-corrected chi connectivity index (χ4v) is 0. The van der Waals surface area contributed by atoms with Gasteiger partial charge < -0.3 is 0 Å². The Hall–Kier alpha value is 2.51. The van der Waals surface area contributed by atoms with Gasteiger partial charge in [-0.3, -0.25) is 0 Å². The van der Waals surface area contributed by atoms with Crippen molar-refractivity contribution in [1.29, 1.82) is 0 Å². The molecule has 0 aromatic rings. The van der Waals surface area contributed by atoms with E-state index < -0.39 is 0 Å². The van der Waals surface area contributed by atoms with Gasteiger partial charge in [0.25, 0.3) is 0 Å². The molecule has 0 saturated carbocycles. The van der Waals surface area contributed by atoms with E-state index in [4.69, 9.17) is 0 Å². The van der Waals surface area contributed by atoms with Gasteiger partial charge in [-0.05, 0) is 0 Å². The van der Waals surface area contributed by atoms with E-state index in [9.17, 15) is 0 Å². The molecule has 0 bridgehead atoms. The van der Waals surface area contributed by atoms with E-state index in [2.05, 4.69) is 86.9 Å². The van der Waals surface area contributed by atoms with Gasteiger partial charge in [0.2, 0.25) is 0 Å². The van der Waals surface area contributed by atoms with E-state index >= 15 is 0 Å². The zero-order valence-electron chi connectivity index (χ0n) is 5.70. The molecule has 0 amide bonds. The molecular formula is C5H12I3V. The molecule has 9 heavy (non-hydrogen) atoms. The molecule has 0 rings (SSSR count). The summed E-state index contributed by atoms with van der Waals surface area (Å²) in [5.41, 5.74) is 0. The first-order valence-corrected chi connectivity index (χ1v) is 15.9. The predicted octanol–water partition coefficient (Wildman–Crippen LogP) is 4.87. The molecule has 0 atom stereocenters. The third kappa shape index (κ3) is 121. The number of hydrogen-bond donors (Lipinski definition) is 0. The summed E-state index contributed by atoms with van der Waals surface area (Å²) in [6.45, 7) is 10.2. The van der Waals surface area contributed by atoms with E-state index in [1.54, 1.807) is 0 Å². The Morgan fingerprint density at radius 2 is 1.11 bits per heavy atom. The van der Waals surface area contributed by atoms with Crippen molar-refractivity contribution in [2.45, 2.75) is 20.3 Å². The molecule has 0 aliphatic carbocycles. The molecule has 0 nitrogen and oxygen atoms in total. The second-order valence-corrected chi connectivity index (χ2v) is 36.3. The normalized spacial score (nSPS) is 6.44. The fraction of sp³-hybridized carbons (Fsp3) is 0.600. The van der Waals surface area contributed by atoms with Crippen LogP contribution in [0.25, 0.3) is 0 Å². The van der Waals surface area contributed by atoms with Crippen LogP contribution in [0.3, 0.4) is 0 Å². The molecular weight excluding hydrogens is 492 g/mol. The van der Waals surface area contributed by atoms with Gasteiger partial charge in [-0.1, -0.05) is 20.3 Å². The standard InChI is InChI=1S/C3H8.C2H4.3HI.V/c1-3-2;1-2;;;;/h3H2,1-2H3;1-2H2;3*1H;/q;;;;;+3/p-3. The van der Waals surface area contributed by atoms with E-state index in [0.29, 0.717) is 0 Å². The second kappa shape index (κ2) is 22.4. The van der Waals surface area contributed by atoms with Crippen LogP contribution in [0.2, 0.25) is 0 Å². The summed E-state index contributed by atoms with van der Waals surface area (Å²) in [6, 6.07) is 0. The minimum atomic E-state index is -0.278. The zero-order valence-corrected chi connectivity index (χ0v) is 13.6. The summed E-state index contributed by atoms with van der Waals surface area (Å²) < 4.78 is 0. The predicted molar refractivity (Wildman–Crippen MR) is 69.3 cm³/mol. The first-order chi connectivity index (χ1) is 4.15. The van der Waals surface area contributed by atoms with Crippen LogP contribution in [0.4, 0.5) is 0 Å². The molecule has 0 aliphatic heterocycles. The van der Waals surface area contributed by atoms with Crippen molar-refractivity contribution in [3.05, 3.63) is 13.2 Å². The first-order valence-electron chi connectivity index (χ1n) is 2.42. The van der Waals surface area contributed by atoms with Crippen molar-refractivity contribution in [1.82, 2.24) is 0 Å². The number of hydrogen-bond acceptors (Lipinski definition) is 0. The van der Waals surface area contributed by atoms with Crippen LogP contribution >= 0.6 is 59.9 Å². The van der Waals surface area contributed by atoms with Crippen molar-refractivity contribution in [2.24, 2.45) is 0 Å². The van der Waals surface area contributed by atoms with Crippen LogP contribution in [0.15, 0.2) is 13.2 Å². The Bertz CT molecular complexity index is 30.6. The Morgan fingerprint density at radius 1 is 1.11 bits per heavy atom. The molecule has 0 unspecified atom stereocenters. The topological polar surface area (TPSA) is 0 Å². The van der Waals surface area contributed by atoms with Crippen molar-refractivity contribution >= 4 is 59.9 Å². The molecule has 0 spiro atoms. The summed E-state index contributed by atoms with van der Waals surface area (Å²) in [7, 11) is 0. The van der Waals surface area contributed by atoms with Gasteiger partial charge in [0.1, 0.15) is 0 Å². The minimum absolute atomic E-state index is 0.278. The van der Waals surface area contributed by atoms with Crippen LogP contribution in [0.1, 0.15) is 20.3 Å². The molecule has 0 heterocycles. The van der Waals surface area contributed by atoms with Crippen LogP contribution in [-0.4, -0.2) is 0 Å². The molecule has 0 aromatic heterocycles. The van der Waals surface area contributed by atoms with E-state index in [0.717, 1.165) is 0 Å². The average Bonchev–Trinajstić information content (AvgIpc) is 1.71. The summed E-state index contributed by atoms with van der Waals surface area (Å²) in [4.78, 5) is -0.278. The Balaban J connectivity index is -0.0000000646. The number of halogens is 3. The SMILES string of the molecule is C=C.CCC.[I][V]([I])[I]. The van der Waals surface area contributed by atoms with Crippen molar-refractivity contribution in [3.63, 3.8) is 0 Å². The van der Waals surface area contributed by atoms with Crippen LogP contribution in [0, 0.1) is 0 Å². The average molecular weight is 504 g/mol. The molecule has 0 aliphatic rings. The monoisotopic (exact) mass is 504 g/mol. The summed E-state index contributed by atoms with van der Waals surface area (Å²) in [5, 5.41) is 0. The van der Waals surface area contributed by atoms with Gasteiger partial charge in [0, 0.05) is 0 Å². The van der Waals surface area contributed by atoms with E-state index in [-0.39, 0.29) is 4.92 Å². The van der Waals surface area contributed by atoms with Gasteiger partial charge in [-0.25, -0.2) is 0 Å². The summed E-state index contributed by atoms with van der Waals surface area (Å²) >= 11 is 7.39. The molecule has 0 N–H and O–H groups in total. The van der Waals surface area contributed by atoms with Crippen molar-refractivity contribution < 1.29 is 4.92 Å².